The summed E-state index contributed by atoms with van der Waals surface area (Å²) in [6, 6.07) is 1.30. The first-order chi connectivity index (χ1) is 9.61. The maximum Gasteiger partial charge on any atom is 0.254 e. The van der Waals surface area contributed by atoms with Crippen molar-refractivity contribution >= 4 is 11.7 Å². The summed E-state index contributed by atoms with van der Waals surface area (Å²) in [4.78, 5) is 15.5. The van der Waals surface area contributed by atoms with E-state index in [-0.39, 0.29) is 11.4 Å². The number of pyridine rings is 1. The van der Waals surface area contributed by atoms with E-state index in [1.807, 2.05) is 13.1 Å². The molecule has 0 bridgehead atoms. The number of nitrogen functional groups attached to an aromatic ring is 1. The lowest BCUT2D eigenvalue weighted by Crippen LogP contribution is -2.28. The monoisotopic (exact) mass is 278 g/mol. The van der Waals surface area contributed by atoms with Gasteiger partial charge in [0.1, 0.15) is 0 Å². The molecule has 0 aliphatic heterocycles. The van der Waals surface area contributed by atoms with Crippen molar-refractivity contribution in [3.8, 4) is 0 Å². The van der Waals surface area contributed by atoms with E-state index in [0.29, 0.717) is 13.1 Å². The minimum absolute atomic E-state index is 0.107. The Bertz CT molecular complexity index is 612. The Morgan fingerprint density at radius 2 is 2.35 bits per heavy atom. The van der Waals surface area contributed by atoms with E-state index >= 15 is 0 Å². The third-order valence-corrected chi connectivity index (χ3v) is 2.66. The Morgan fingerprint density at radius 3 is 3.00 bits per heavy atom. The topological polar surface area (TPSA) is 97.9 Å². The van der Waals surface area contributed by atoms with Crippen LogP contribution in [0.1, 0.15) is 15.9 Å². The van der Waals surface area contributed by atoms with E-state index in [1.165, 1.54) is 12.3 Å². The molecule has 1 amide bonds. The van der Waals surface area contributed by atoms with Gasteiger partial charge in [-0.05, 0) is 18.6 Å². The zero-order chi connectivity index (χ0) is 14.5. The van der Waals surface area contributed by atoms with Crippen LogP contribution in [0, 0.1) is 12.7 Å². The number of hydrogen-bond acceptors (Lipinski definition) is 5. The molecule has 7 nitrogen and oxygen atoms in total. The molecule has 2 aromatic rings. The van der Waals surface area contributed by atoms with Crippen LogP contribution in [0.3, 0.4) is 0 Å². The Hall–Kier alpha value is -2.48. The van der Waals surface area contributed by atoms with E-state index in [2.05, 4.69) is 20.8 Å². The molecule has 0 fully saturated rings. The molecule has 8 heteroatoms. The lowest BCUT2D eigenvalue weighted by Gasteiger charge is -2.08. The molecule has 2 rings (SSSR count). The quantitative estimate of drug-likeness (QED) is 0.544. The second kappa shape index (κ2) is 6.11. The average molecular weight is 278 g/mol. The second-order valence-corrected chi connectivity index (χ2v) is 4.20. The van der Waals surface area contributed by atoms with Crippen LogP contribution in [0.25, 0.3) is 0 Å². The molecule has 20 heavy (non-hydrogen) atoms. The van der Waals surface area contributed by atoms with E-state index in [1.54, 1.807) is 10.9 Å². The van der Waals surface area contributed by atoms with Crippen LogP contribution in [0.5, 0.6) is 0 Å². The van der Waals surface area contributed by atoms with E-state index in [9.17, 15) is 9.18 Å². The molecule has 0 saturated carbocycles. The summed E-state index contributed by atoms with van der Waals surface area (Å²) in [5.41, 5.74) is 3.03. The SMILES string of the molecule is Cc1cnn(CCNC(=O)c2ccnc(NN)c2F)c1. The maximum atomic E-state index is 13.8. The first-order valence-corrected chi connectivity index (χ1v) is 6.00. The number of rotatable bonds is 5. The number of halogens is 1. The van der Waals surface area contributed by atoms with E-state index in [4.69, 9.17) is 5.84 Å². The standard InChI is InChI=1S/C12H15FN6O/c1-8-6-17-19(7-8)5-4-16-12(20)9-2-3-15-11(18-14)10(9)13/h2-3,6-7H,4-5,14H2,1H3,(H,15,18)(H,16,20). The molecule has 0 aromatic carbocycles. The average Bonchev–Trinajstić information content (AvgIpc) is 2.84. The van der Waals surface area contributed by atoms with Crippen molar-refractivity contribution in [1.82, 2.24) is 20.1 Å². The highest BCUT2D eigenvalue weighted by Gasteiger charge is 2.15. The predicted molar refractivity (Wildman–Crippen MR) is 71.3 cm³/mol. The van der Waals surface area contributed by atoms with Gasteiger partial charge in [0.2, 0.25) is 0 Å². The number of aromatic nitrogens is 3. The Kier molecular flexibility index (Phi) is 4.26. The van der Waals surface area contributed by atoms with Crippen molar-refractivity contribution in [3.63, 3.8) is 0 Å². The number of nitrogens with zero attached hydrogens (tertiary/aromatic N) is 3. The van der Waals surface area contributed by atoms with Crippen molar-refractivity contribution in [2.24, 2.45) is 5.84 Å². The minimum Gasteiger partial charge on any atom is -0.350 e. The molecular formula is C12H15FN6O. The summed E-state index contributed by atoms with van der Waals surface area (Å²) in [5, 5.41) is 6.70. The third kappa shape index (κ3) is 3.09. The van der Waals surface area contributed by atoms with E-state index < -0.39 is 11.7 Å². The van der Waals surface area contributed by atoms with Crippen molar-refractivity contribution < 1.29 is 9.18 Å². The van der Waals surface area contributed by atoms with Crippen LogP contribution in [0.4, 0.5) is 10.2 Å². The molecule has 0 radical (unpaired) electrons. The van der Waals surface area contributed by atoms with Gasteiger partial charge in [-0.15, -0.1) is 0 Å². The summed E-state index contributed by atoms with van der Waals surface area (Å²) >= 11 is 0. The number of nitrogens with two attached hydrogens (primary N) is 1. The Labute approximate surface area is 115 Å². The molecule has 4 N–H and O–H groups in total. The number of aryl methyl sites for hydroxylation is 1. The molecule has 0 atom stereocenters. The summed E-state index contributed by atoms with van der Waals surface area (Å²) < 4.78 is 15.5. The number of hydrogen-bond donors (Lipinski definition) is 3. The summed E-state index contributed by atoms with van der Waals surface area (Å²) in [5.74, 6) is 3.64. The van der Waals surface area contributed by atoms with Gasteiger partial charge in [-0.3, -0.25) is 9.48 Å². The van der Waals surface area contributed by atoms with E-state index in [0.717, 1.165) is 5.56 Å². The zero-order valence-corrected chi connectivity index (χ0v) is 10.9. The number of carbonyl (C=O) groups excluding carboxylic acids is 1. The second-order valence-electron chi connectivity index (χ2n) is 4.20. The fourth-order valence-electron chi connectivity index (χ4n) is 1.69. The normalized spacial score (nSPS) is 10.3. The van der Waals surface area contributed by atoms with Gasteiger partial charge < -0.3 is 10.7 Å². The van der Waals surface area contributed by atoms with Crippen molar-refractivity contribution in [2.45, 2.75) is 13.5 Å². The number of nitrogens with one attached hydrogen (secondary N) is 2. The van der Waals surface area contributed by atoms with Gasteiger partial charge in [0.05, 0.1) is 18.3 Å². The largest absolute Gasteiger partial charge is 0.350 e. The molecule has 2 heterocycles. The van der Waals surface area contributed by atoms with Gasteiger partial charge in [0.25, 0.3) is 5.91 Å². The fraction of sp³-hybridized carbons (Fsp3) is 0.250. The summed E-state index contributed by atoms with van der Waals surface area (Å²) in [7, 11) is 0. The lowest BCUT2D eigenvalue weighted by molar-refractivity contribution is 0.0948. The van der Waals surface area contributed by atoms with Crippen LogP contribution in [0.15, 0.2) is 24.7 Å². The third-order valence-electron chi connectivity index (χ3n) is 2.66. The van der Waals surface area contributed by atoms with Gasteiger partial charge >= 0.3 is 0 Å². The molecule has 0 spiro atoms. The zero-order valence-electron chi connectivity index (χ0n) is 10.9. The van der Waals surface area contributed by atoms with Crippen LogP contribution < -0.4 is 16.6 Å². The maximum absolute atomic E-state index is 13.8. The number of anilines is 1. The van der Waals surface area contributed by atoms with Crippen molar-refractivity contribution in [3.05, 3.63) is 41.6 Å². The first-order valence-electron chi connectivity index (χ1n) is 6.00. The van der Waals surface area contributed by atoms with Crippen LogP contribution in [-0.2, 0) is 6.54 Å². The number of hydrazine groups is 1. The van der Waals surface area contributed by atoms with Crippen molar-refractivity contribution in [2.75, 3.05) is 12.0 Å². The lowest BCUT2D eigenvalue weighted by atomic mass is 10.2. The molecule has 106 valence electrons. The molecular weight excluding hydrogens is 263 g/mol. The molecule has 0 aliphatic carbocycles. The molecule has 0 unspecified atom stereocenters. The first kappa shape index (κ1) is 13.9. The van der Waals surface area contributed by atoms with Gasteiger partial charge in [-0.2, -0.15) is 5.10 Å². The predicted octanol–water partition coefficient (Wildman–Crippen LogP) is 0.441. The summed E-state index contributed by atoms with van der Waals surface area (Å²) in [6.07, 6.45) is 4.89. The molecule has 0 saturated heterocycles. The highest BCUT2D eigenvalue weighted by Crippen LogP contribution is 2.13. The molecule has 0 aliphatic rings. The fourth-order valence-corrected chi connectivity index (χ4v) is 1.69. The van der Waals surface area contributed by atoms with Crippen LogP contribution >= 0.6 is 0 Å². The van der Waals surface area contributed by atoms with Gasteiger partial charge in [-0.25, -0.2) is 15.2 Å². The van der Waals surface area contributed by atoms with Gasteiger partial charge in [-0.1, -0.05) is 0 Å². The Balaban J connectivity index is 1.95. The number of carbonyl (C=O) groups is 1. The summed E-state index contributed by atoms with van der Waals surface area (Å²) in [6.45, 7) is 2.77. The van der Waals surface area contributed by atoms with Gasteiger partial charge in [0.15, 0.2) is 11.6 Å². The highest BCUT2D eigenvalue weighted by molar-refractivity contribution is 5.95. The van der Waals surface area contributed by atoms with Crippen LogP contribution in [-0.4, -0.2) is 27.2 Å². The minimum atomic E-state index is -0.776. The van der Waals surface area contributed by atoms with Gasteiger partial charge in [0, 0.05) is 18.9 Å². The highest BCUT2D eigenvalue weighted by atomic mass is 19.1. The smallest absolute Gasteiger partial charge is 0.254 e. The van der Waals surface area contributed by atoms with Crippen molar-refractivity contribution in [1.29, 1.82) is 0 Å². The van der Waals surface area contributed by atoms with Crippen LogP contribution in [0.2, 0.25) is 0 Å². The number of amides is 1. The Morgan fingerprint density at radius 1 is 1.55 bits per heavy atom. The molecule has 2 aromatic heterocycles.